The highest BCUT2D eigenvalue weighted by molar-refractivity contribution is 6.04. The molecule has 0 spiro atoms. The second-order valence-corrected chi connectivity index (χ2v) is 7.51. The van der Waals surface area contributed by atoms with Gasteiger partial charge >= 0.3 is 6.18 Å². The zero-order valence-corrected chi connectivity index (χ0v) is 15.9. The topological polar surface area (TPSA) is 55.1 Å². The summed E-state index contributed by atoms with van der Waals surface area (Å²) >= 11 is 0. The number of alkyl halides is 3. The number of amides is 1. The zero-order valence-electron chi connectivity index (χ0n) is 15.9. The second kappa shape index (κ2) is 8.25. The number of aryl methyl sites for hydroxylation is 1. The summed E-state index contributed by atoms with van der Waals surface area (Å²) in [5.74, 6) is -0.686. The van der Waals surface area contributed by atoms with Crippen LogP contribution in [0.3, 0.4) is 0 Å². The minimum absolute atomic E-state index is 0.0103. The molecule has 0 aliphatic heterocycles. The molecular weight excluding hydrogens is 365 g/mol. The van der Waals surface area contributed by atoms with E-state index in [1.54, 1.807) is 18.2 Å². The van der Waals surface area contributed by atoms with E-state index >= 15 is 0 Å². The van der Waals surface area contributed by atoms with Gasteiger partial charge in [0.25, 0.3) is 5.91 Å². The number of anilines is 2. The SMILES string of the molecule is Cc1ccc(NC(=O)c2ccc(C3CCCCCC3)c(C(F)(F)F)c2)cc1N. The Morgan fingerprint density at radius 2 is 1.71 bits per heavy atom. The number of hydrogen-bond acceptors (Lipinski definition) is 2. The van der Waals surface area contributed by atoms with Crippen LogP contribution in [0.4, 0.5) is 24.5 Å². The Morgan fingerprint density at radius 3 is 2.32 bits per heavy atom. The first-order valence-electron chi connectivity index (χ1n) is 9.64. The summed E-state index contributed by atoms with van der Waals surface area (Å²) < 4.78 is 41.2. The Balaban J connectivity index is 1.89. The standard InChI is InChI=1S/C22H25F3N2O/c1-14-8-10-17(13-20(14)26)27-21(28)16-9-11-18(19(12-16)22(23,24)25)15-6-4-2-3-5-7-15/h8-13,15H,2-7,26H2,1H3,(H,27,28). The molecule has 3 N–H and O–H groups in total. The van der Waals surface area contributed by atoms with Gasteiger partial charge in [0.05, 0.1) is 5.56 Å². The van der Waals surface area contributed by atoms with E-state index in [4.69, 9.17) is 5.73 Å². The van der Waals surface area contributed by atoms with Crippen molar-refractivity contribution in [3.63, 3.8) is 0 Å². The van der Waals surface area contributed by atoms with Crippen LogP contribution in [0.15, 0.2) is 36.4 Å². The van der Waals surface area contributed by atoms with Crippen molar-refractivity contribution < 1.29 is 18.0 Å². The maximum atomic E-state index is 13.7. The molecule has 1 fully saturated rings. The van der Waals surface area contributed by atoms with Gasteiger partial charge in [-0.25, -0.2) is 0 Å². The molecule has 3 rings (SSSR count). The summed E-state index contributed by atoms with van der Waals surface area (Å²) in [4.78, 5) is 12.5. The van der Waals surface area contributed by atoms with E-state index in [9.17, 15) is 18.0 Å². The lowest BCUT2D eigenvalue weighted by Gasteiger charge is -2.21. The average molecular weight is 390 g/mol. The van der Waals surface area contributed by atoms with Gasteiger partial charge in [0.2, 0.25) is 0 Å². The number of nitrogens with two attached hydrogens (primary N) is 1. The Morgan fingerprint density at radius 1 is 1.04 bits per heavy atom. The van der Waals surface area contributed by atoms with E-state index in [1.807, 2.05) is 6.92 Å². The molecule has 0 unspecified atom stereocenters. The molecule has 2 aromatic carbocycles. The normalized spacial score (nSPS) is 15.9. The second-order valence-electron chi connectivity index (χ2n) is 7.51. The van der Waals surface area contributed by atoms with Crippen molar-refractivity contribution in [2.75, 3.05) is 11.1 Å². The van der Waals surface area contributed by atoms with E-state index in [-0.39, 0.29) is 11.5 Å². The van der Waals surface area contributed by atoms with Crippen LogP contribution < -0.4 is 11.1 Å². The molecule has 2 aromatic rings. The lowest BCUT2D eigenvalue weighted by atomic mass is 9.87. The zero-order chi connectivity index (χ0) is 20.3. The fourth-order valence-corrected chi connectivity index (χ4v) is 3.81. The summed E-state index contributed by atoms with van der Waals surface area (Å²) in [5, 5.41) is 2.63. The molecular formula is C22H25F3N2O. The number of nitrogen functional groups attached to an aromatic ring is 1. The van der Waals surface area contributed by atoms with Gasteiger partial charge in [-0.2, -0.15) is 13.2 Å². The molecule has 3 nitrogen and oxygen atoms in total. The molecule has 1 aliphatic rings. The summed E-state index contributed by atoms with van der Waals surface area (Å²) in [5.41, 5.74) is 7.26. The summed E-state index contributed by atoms with van der Waals surface area (Å²) in [6, 6.07) is 8.97. The van der Waals surface area contributed by atoms with Crippen LogP contribution in [-0.4, -0.2) is 5.91 Å². The highest BCUT2D eigenvalue weighted by Gasteiger charge is 2.36. The Labute approximate surface area is 163 Å². The van der Waals surface area contributed by atoms with Gasteiger partial charge in [0.15, 0.2) is 0 Å². The smallest absolute Gasteiger partial charge is 0.398 e. The number of benzene rings is 2. The molecule has 6 heteroatoms. The molecule has 28 heavy (non-hydrogen) atoms. The van der Waals surface area contributed by atoms with E-state index < -0.39 is 17.6 Å². The van der Waals surface area contributed by atoms with Gasteiger partial charge < -0.3 is 11.1 Å². The average Bonchev–Trinajstić information content (AvgIpc) is 2.93. The van der Waals surface area contributed by atoms with Crippen molar-refractivity contribution in [1.29, 1.82) is 0 Å². The molecule has 0 radical (unpaired) electrons. The molecule has 0 heterocycles. The third-order valence-electron chi connectivity index (χ3n) is 5.45. The third kappa shape index (κ3) is 4.66. The predicted molar refractivity (Wildman–Crippen MR) is 105 cm³/mol. The first kappa shape index (κ1) is 20.2. The van der Waals surface area contributed by atoms with E-state index in [1.165, 1.54) is 12.1 Å². The fraction of sp³-hybridized carbons (Fsp3) is 0.409. The van der Waals surface area contributed by atoms with E-state index in [0.29, 0.717) is 16.9 Å². The first-order chi connectivity index (χ1) is 13.3. The molecule has 0 bridgehead atoms. The van der Waals surface area contributed by atoms with Crippen LogP contribution in [0.25, 0.3) is 0 Å². The molecule has 1 aliphatic carbocycles. The molecule has 1 saturated carbocycles. The highest BCUT2D eigenvalue weighted by atomic mass is 19.4. The van der Waals surface area contributed by atoms with Crippen molar-refractivity contribution in [3.8, 4) is 0 Å². The largest absolute Gasteiger partial charge is 0.416 e. The lowest BCUT2D eigenvalue weighted by molar-refractivity contribution is -0.138. The van der Waals surface area contributed by atoms with Crippen LogP contribution in [0.2, 0.25) is 0 Å². The van der Waals surface area contributed by atoms with Gasteiger partial charge in [0.1, 0.15) is 0 Å². The van der Waals surface area contributed by atoms with Crippen molar-refractivity contribution in [3.05, 3.63) is 58.7 Å². The highest BCUT2D eigenvalue weighted by Crippen LogP contribution is 2.40. The van der Waals surface area contributed by atoms with E-state index in [0.717, 1.165) is 50.2 Å². The predicted octanol–water partition coefficient (Wildman–Crippen LogP) is 6.29. The minimum Gasteiger partial charge on any atom is -0.398 e. The van der Waals surface area contributed by atoms with Crippen LogP contribution in [-0.2, 0) is 6.18 Å². The van der Waals surface area contributed by atoms with E-state index in [2.05, 4.69) is 5.32 Å². The molecule has 0 saturated heterocycles. The monoisotopic (exact) mass is 390 g/mol. The van der Waals surface area contributed by atoms with Gasteiger partial charge in [-0.15, -0.1) is 0 Å². The van der Waals surface area contributed by atoms with Crippen molar-refractivity contribution in [1.82, 2.24) is 0 Å². The Kier molecular flexibility index (Phi) is 5.96. The lowest BCUT2D eigenvalue weighted by Crippen LogP contribution is -2.17. The van der Waals surface area contributed by atoms with Gasteiger partial charge in [-0.1, -0.05) is 37.8 Å². The Bertz CT molecular complexity index is 853. The van der Waals surface area contributed by atoms with Crippen LogP contribution >= 0.6 is 0 Å². The number of carbonyl (C=O) groups excluding carboxylic acids is 1. The summed E-state index contributed by atoms with van der Waals surface area (Å²) in [6.45, 7) is 1.84. The molecule has 0 atom stereocenters. The quantitative estimate of drug-likeness (QED) is 0.478. The Hall–Kier alpha value is -2.50. The van der Waals surface area contributed by atoms with Crippen molar-refractivity contribution in [2.45, 2.75) is 57.5 Å². The van der Waals surface area contributed by atoms with Crippen molar-refractivity contribution in [2.24, 2.45) is 0 Å². The maximum absolute atomic E-state index is 13.7. The van der Waals surface area contributed by atoms with Crippen molar-refractivity contribution >= 4 is 17.3 Å². The molecule has 0 aromatic heterocycles. The summed E-state index contributed by atoms with van der Waals surface area (Å²) in [7, 11) is 0. The molecule has 150 valence electrons. The first-order valence-corrected chi connectivity index (χ1v) is 9.64. The number of hydrogen-bond donors (Lipinski definition) is 2. The minimum atomic E-state index is -4.49. The van der Waals surface area contributed by atoms with Gasteiger partial charge in [-0.3, -0.25) is 4.79 Å². The van der Waals surface area contributed by atoms with Crippen LogP contribution in [0, 0.1) is 6.92 Å². The third-order valence-corrected chi connectivity index (χ3v) is 5.45. The van der Waals surface area contributed by atoms with Gasteiger partial charge in [0, 0.05) is 16.9 Å². The van der Waals surface area contributed by atoms with Crippen LogP contribution in [0.5, 0.6) is 0 Å². The fourth-order valence-electron chi connectivity index (χ4n) is 3.81. The number of nitrogens with one attached hydrogen (secondary N) is 1. The van der Waals surface area contributed by atoms with Crippen LogP contribution in [0.1, 0.15) is 71.5 Å². The van der Waals surface area contributed by atoms with Gasteiger partial charge in [-0.05, 0) is 61.1 Å². The maximum Gasteiger partial charge on any atom is 0.416 e. The number of halogens is 3. The summed E-state index contributed by atoms with van der Waals surface area (Å²) in [6.07, 6.45) is 1.05. The number of rotatable bonds is 3. The molecule has 1 amide bonds. The number of carbonyl (C=O) groups is 1.